The second-order valence-corrected chi connectivity index (χ2v) is 13.5. The Hall–Kier alpha value is -1.04. The normalized spacial score (nSPS) is 12.2. The number of hydrogen-bond donors (Lipinski definition) is 2. The molecule has 0 aliphatic carbocycles. The van der Waals surface area contributed by atoms with Crippen LogP contribution in [0.3, 0.4) is 0 Å². The van der Waals surface area contributed by atoms with E-state index in [1.807, 2.05) is 0 Å². The van der Waals surface area contributed by atoms with Crippen LogP contribution in [0, 0.1) is 0 Å². The fraction of sp³-hybridized carbons (Fsp3) is 0.905. The van der Waals surface area contributed by atoms with Gasteiger partial charge in [-0.3, -0.25) is 9.59 Å². The van der Waals surface area contributed by atoms with Gasteiger partial charge in [0.05, 0.1) is 59.3 Å². The first-order valence-corrected chi connectivity index (χ1v) is 13.9. The van der Waals surface area contributed by atoms with E-state index >= 15 is 0 Å². The minimum Gasteiger partial charge on any atom is -0.481 e. The summed E-state index contributed by atoms with van der Waals surface area (Å²) in [4.78, 5) is 21.7. The lowest BCUT2D eigenvalue weighted by atomic mass is 10.2. The molecule has 0 heterocycles. The lowest BCUT2D eigenvalue weighted by Crippen LogP contribution is -2.41. The van der Waals surface area contributed by atoms with Crippen LogP contribution >= 0.6 is 0 Å². The molecule has 184 valence electrons. The van der Waals surface area contributed by atoms with E-state index in [-0.39, 0.29) is 23.8 Å². The van der Waals surface area contributed by atoms with E-state index in [2.05, 4.69) is 39.2 Å². The molecule has 0 aliphatic heterocycles. The van der Waals surface area contributed by atoms with Gasteiger partial charge in [0.1, 0.15) is 0 Å². The van der Waals surface area contributed by atoms with Gasteiger partial charge in [-0.1, -0.05) is 20.8 Å². The van der Waals surface area contributed by atoms with E-state index in [0.29, 0.717) is 72.4 Å². The number of hydrogen-bond acceptors (Lipinski definition) is 7. The average molecular weight is 466 g/mol. The van der Waals surface area contributed by atoms with Gasteiger partial charge in [0, 0.05) is 19.6 Å². The zero-order valence-corrected chi connectivity index (χ0v) is 21.0. The maximum absolute atomic E-state index is 11.3. The van der Waals surface area contributed by atoms with Crippen molar-refractivity contribution in [1.82, 2.24) is 5.32 Å². The zero-order valence-electron chi connectivity index (χ0n) is 20.0. The van der Waals surface area contributed by atoms with Crippen LogP contribution in [0.4, 0.5) is 0 Å². The number of rotatable bonds is 20. The van der Waals surface area contributed by atoms with Gasteiger partial charge >= 0.3 is 5.97 Å². The maximum Gasteiger partial charge on any atom is 0.303 e. The van der Waals surface area contributed by atoms with E-state index in [9.17, 15) is 9.59 Å². The predicted octanol–water partition coefficient (Wildman–Crippen LogP) is 2.45. The van der Waals surface area contributed by atoms with Crippen LogP contribution < -0.4 is 5.32 Å². The number of amides is 1. The standard InChI is InChI=1S/C21H43NO8Si/c1-21(2,3)31(4,5)30-18-17-29-16-15-28-14-13-27-12-11-26-10-6-9-22-19(23)7-8-20(24)25/h6-18H2,1-5H3,(H,22,23)(H,24,25). The second kappa shape index (κ2) is 17.5. The summed E-state index contributed by atoms with van der Waals surface area (Å²) < 4.78 is 27.8. The SMILES string of the molecule is CC(C)(C)[Si](C)(C)OCCOCCOCCOCCOCCCNC(=O)CCC(=O)O. The Morgan fingerprint density at radius 3 is 1.68 bits per heavy atom. The molecule has 0 aromatic carbocycles. The lowest BCUT2D eigenvalue weighted by Gasteiger charge is -2.36. The Bertz CT molecular complexity index is 482. The summed E-state index contributed by atoms with van der Waals surface area (Å²) in [7, 11) is -1.70. The van der Waals surface area contributed by atoms with Crippen molar-refractivity contribution < 1.29 is 38.1 Å². The van der Waals surface area contributed by atoms with E-state index in [0.717, 1.165) is 0 Å². The largest absolute Gasteiger partial charge is 0.481 e. The highest BCUT2D eigenvalue weighted by molar-refractivity contribution is 6.74. The molecule has 0 spiro atoms. The molecule has 0 rings (SSSR count). The van der Waals surface area contributed by atoms with Crippen molar-refractivity contribution in [3.8, 4) is 0 Å². The molecule has 1 amide bonds. The molecular weight excluding hydrogens is 422 g/mol. The van der Waals surface area contributed by atoms with Crippen LogP contribution in [-0.2, 0) is 33.0 Å². The summed E-state index contributed by atoms with van der Waals surface area (Å²) in [5.74, 6) is -1.23. The van der Waals surface area contributed by atoms with Crippen molar-refractivity contribution in [2.75, 3.05) is 66.0 Å². The van der Waals surface area contributed by atoms with Crippen LogP contribution in [0.25, 0.3) is 0 Å². The predicted molar refractivity (Wildman–Crippen MR) is 121 cm³/mol. The van der Waals surface area contributed by atoms with Crippen molar-refractivity contribution in [2.24, 2.45) is 0 Å². The van der Waals surface area contributed by atoms with Gasteiger partial charge in [0.2, 0.25) is 5.91 Å². The number of carboxylic acids is 1. The van der Waals surface area contributed by atoms with E-state index < -0.39 is 14.3 Å². The monoisotopic (exact) mass is 465 g/mol. The first kappa shape index (κ1) is 30.0. The molecule has 0 saturated carbocycles. The molecule has 0 aliphatic rings. The smallest absolute Gasteiger partial charge is 0.303 e. The fourth-order valence-corrected chi connectivity index (χ4v) is 3.07. The van der Waals surface area contributed by atoms with Crippen LogP contribution in [0.5, 0.6) is 0 Å². The van der Waals surface area contributed by atoms with Crippen LogP contribution in [-0.4, -0.2) is 91.3 Å². The summed E-state index contributed by atoms with van der Waals surface area (Å²) in [5, 5.41) is 11.4. The second-order valence-electron chi connectivity index (χ2n) is 8.66. The molecule has 0 aromatic rings. The van der Waals surface area contributed by atoms with Gasteiger partial charge < -0.3 is 33.8 Å². The third-order valence-corrected chi connectivity index (χ3v) is 9.50. The molecule has 0 fully saturated rings. The molecular formula is C21H43NO8Si. The highest BCUT2D eigenvalue weighted by Gasteiger charge is 2.36. The third-order valence-electron chi connectivity index (χ3n) is 4.97. The number of ether oxygens (including phenoxy) is 4. The number of carbonyl (C=O) groups is 2. The van der Waals surface area contributed by atoms with Gasteiger partial charge in [0.15, 0.2) is 8.32 Å². The van der Waals surface area contributed by atoms with Crippen LogP contribution in [0.15, 0.2) is 0 Å². The molecule has 31 heavy (non-hydrogen) atoms. The molecule has 10 heteroatoms. The molecule has 0 unspecified atom stereocenters. The fourth-order valence-electron chi connectivity index (χ4n) is 2.04. The van der Waals surface area contributed by atoms with Gasteiger partial charge in [-0.15, -0.1) is 0 Å². The Morgan fingerprint density at radius 1 is 0.774 bits per heavy atom. The Labute approximate surface area is 188 Å². The summed E-state index contributed by atoms with van der Waals surface area (Å²) in [6.45, 7) is 16.3. The lowest BCUT2D eigenvalue weighted by molar-refractivity contribution is -0.138. The first-order chi connectivity index (χ1) is 14.6. The number of nitrogens with one attached hydrogen (secondary N) is 1. The first-order valence-electron chi connectivity index (χ1n) is 11.0. The van der Waals surface area contributed by atoms with Crippen molar-refractivity contribution in [1.29, 1.82) is 0 Å². The summed E-state index contributed by atoms with van der Waals surface area (Å²) in [5.41, 5.74) is 0. The van der Waals surface area contributed by atoms with E-state index in [1.165, 1.54) is 0 Å². The molecule has 0 radical (unpaired) electrons. The van der Waals surface area contributed by atoms with E-state index in [1.54, 1.807) is 0 Å². The van der Waals surface area contributed by atoms with Crippen LogP contribution in [0.1, 0.15) is 40.0 Å². The molecule has 0 saturated heterocycles. The molecule has 0 bridgehead atoms. The Kier molecular flexibility index (Phi) is 16.9. The zero-order chi connectivity index (χ0) is 23.6. The van der Waals surface area contributed by atoms with Gasteiger partial charge in [0.25, 0.3) is 0 Å². The highest BCUT2D eigenvalue weighted by atomic mass is 28.4. The molecule has 0 atom stereocenters. The average Bonchev–Trinajstić information content (AvgIpc) is 2.67. The van der Waals surface area contributed by atoms with Crippen LogP contribution in [0.2, 0.25) is 18.1 Å². The molecule has 9 nitrogen and oxygen atoms in total. The maximum atomic E-state index is 11.3. The van der Waals surface area contributed by atoms with Gasteiger partial charge in [-0.2, -0.15) is 0 Å². The van der Waals surface area contributed by atoms with Crippen molar-refractivity contribution >= 4 is 20.2 Å². The Balaban J connectivity index is 3.27. The minimum absolute atomic E-state index is 0.00380. The van der Waals surface area contributed by atoms with E-state index in [4.69, 9.17) is 28.5 Å². The quantitative estimate of drug-likeness (QED) is 0.208. The third kappa shape index (κ3) is 18.2. The van der Waals surface area contributed by atoms with Crippen molar-refractivity contribution in [3.63, 3.8) is 0 Å². The number of aliphatic carboxylic acids is 1. The minimum atomic E-state index is -1.70. The van der Waals surface area contributed by atoms with Crippen molar-refractivity contribution in [2.45, 2.75) is 58.2 Å². The van der Waals surface area contributed by atoms with Gasteiger partial charge in [-0.05, 0) is 24.6 Å². The highest BCUT2D eigenvalue weighted by Crippen LogP contribution is 2.36. The summed E-state index contributed by atoms with van der Waals surface area (Å²) in [6, 6.07) is 0. The topological polar surface area (TPSA) is 113 Å². The molecule has 2 N–H and O–H groups in total. The molecule has 0 aromatic heterocycles. The Morgan fingerprint density at radius 2 is 1.23 bits per heavy atom. The number of carbonyl (C=O) groups excluding carboxylic acids is 1. The van der Waals surface area contributed by atoms with Crippen molar-refractivity contribution in [3.05, 3.63) is 0 Å². The number of carboxylic acid groups (broad SMARTS) is 1. The summed E-state index contributed by atoms with van der Waals surface area (Å²) >= 11 is 0. The summed E-state index contributed by atoms with van der Waals surface area (Å²) in [6.07, 6.45) is 0.523. The van der Waals surface area contributed by atoms with Gasteiger partial charge in [-0.25, -0.2) is 0 Å².